The number of aromatic nitrogens is 1. The fourth-order valence-corrected chi connectivity index (χ4v) is 3.41. The second kappa shape index (κ2) is 10.3. The molecule has 6 nitrogen and oxygen atoms in total. The monoisotopic (exact) mass is 424 g/mol. The molecule has 0 amide bonds. The fourth-order valence-electron chi connectivity index (χ4n) is 3.41. The molecule has 0 radical (unpaired) electrons. The summed E-state index contributed by atoms with van der Waals surface area (Å²) in [6, 6.07) is 15.9. The van der Waals surface area contributed by atoms with Gasteiger partial charge in [0.05, 0.1) is 0 Å². The van der Waals surface area contributed by atoms with E-state index in [2.05, 4.69) is 16.8 Å². The Morgan fingerprint density at radius 2 is 1.87 bits per heavy atom. The molecule has 0 aliphatic carbocycles. The van der Waals surface area contributed by atoms with Crippen molar-refractivity contribution in [3.63, 3.8) is 0 Å². The zero-order valence-electron chi connectivity index (χ0n) is 18.6. The summed E-state index contributed by atoms with van der Waals surface area (Å²) in [5, 5.41) is 9.34. The molecule has 0 saturated carbocycles. The summed E-state index contributed by atoms with van der Waals surface area (Å²) in [6.07, 6.45) is 5.92. The van der Waals surface area contributed by atoms with Crippen molar-refractivity contribution < 1.29 is 19.1 Å². The van der Waals surface area contributed by atoms with E-state index in [-0.39, 0.29) is 0 Å². The maximum Gasteiger partial charge on any atom is 0.347 e. The number of nitrogens with zero attached hydrogens (tertiary/aromatic N) is 2. The van der Waals surface area contributed by atoms with Gasteiger partial charge in [0.15, 0.2) is 11.2 Å². The quantitative estimate of drug-likeness (QED) is 0.357. The van der Waals surface area contributed by atoms with Gasteiger partial charge in [0.25, 0.3) is 6.01 Å². The number of unbranched alkanes of at least 4 members (excludes halogenated alkanes) is 4. The van der Waals surface area contributed by atoms with E-state index in [0.717, 1.165) is 29.6 Å². The van der Waals surface area contributed by atoms with E-state index in [1.807, 2.05) is 42.5 Å². The third-order valence-corrected chi connectivity index (χ3v) is 5.24. The number of ether oxygens (including phenoxy) is 1. The van der Waals surface area contributed by atoms with Crippen molar-refractivity contribution in [3.8, 4) is 5.75 Å². The maximum absolute atomic E-state index is 11.4. The molecule has 1 aromatic heterocycles. The van der Waals surface area contributed by atoms with Gasteiger partial charge < -0.3 is 19.2 Å². The van der Waals surface area contributed by atoms with Crippen molar-refractivity contribution in [2.24, 2.45) is 0 Å². The summed E-state index contributed by atoms with van der Waals surface area (Å²) in [6.45, 7) is 6.74. The molecule has 0 spiro atoms. The average molecular weight is 425 g/mol. The highest BCUT2D eigenvalue weighted by Gasteiger charge is 2.29. The van der Waals surface area contributed by atoms with Gasteiger partial charge in [0, 0.05) is 13.1 Å². The molecule has 1 N–H and O–H groups in total. The van der Waals surface area contributed by atoms with Crippen LogP contribution in [0.5, 0.6) is 5.75 Å². The standard InChI is InChI=1S/C25H32N2O4/c1-4-5-6-7-10-16-27(24-26-21-14-8-9-15-22(21)30-24)18-19-12-11-13-20(17-19)31-25(2,3)23(28)29/h8-9,11-15,17H,4-7,10,16,18H2,1-3H3,(H,28,29). The second-order valence-corrected chi connectivity index (χ2v) is 8.36. The molecule has 3 aromatic rings. The molecule has 6 heteroatoms. The van der Waals surface area contributed by atoms with Crippen LogP contribution in [0.1, 0.15) is 58.4 Å². The molecule has 3 rings (SSSR count). The summed E-state index contributed by atoms with van der Waals surface area (Å²) in [5.74, 6) is -0.469. The number of anilines is 1. The Balaban J connectivity index is 1.77. The van der Waals surface area contributed by atoms with Gasteiger partial charge in [-0.3, -0.25) is 0 Å². The summed E-state index contributed by atoms with van der Waals surface area (Å²) in [5.41, 5.74) is 1.33. The van der Waals surface area contributed by atoms with Gasteiger partial charge in [0.1, 0.15) is 11.3 Å². The molecule has 31 heavy (non-hydrogen) atoms. The first-order valence-electron chi connectivity index (χ1n) is 11.0. The number of fused-ring (bicyclic) bond motifs is 1. The lowest BCUT2D eigenvalue weighted by Gasteiger charge is -2.23. The second-order valence-electron chi connectivity index (χ2n) is 8.36. The number of hydrogen-bond donors (Lipinski definition) is 1. The number of carboxylic acid groups (broad SMARTS) is 1. The number of hydrogen-bond acceptors (Lipinski definition) is 5. The maximum atomic E-state index is 11.4. The third-order valence-electron chi connectivity index (χ3n) is 5.24. The van der Waals surface area contributed by atoms with Crippen LogP contribution in [0.4, 0.5) is 6.01 Å². The number of oxazole rings is 1. The minimum atomic E-state index is -1.29. The normalized spacial score (nSPS) is 11.6. The lowest BCUT2D eigenvalue weighted by atomic mass is 10.1. The Labute approximate surface area is 183 Å². The van der Waals surface area contributed by atoms with Gasteiger partial charge in [-0.15, -0.1) is 0 Å². The van der Waals surface area contributed by atoms with Gasteiger partial charge in [-0.25, -0.2) is 4.79 Å². The number of carboxylic acids is 1. The Morgan fingerprint density at radius 1 is 1.10 bits per heavy atom. The highest BCUT2D eigenvalue weighted by atomic mass is 16.5. The molecule has 0 atom stereocenters. The molecule has 0 bridgehead atoms. The summed E-state index contributed by atoms with van der Waals surface area (Å²) < 4.78 is 11.7. The van der Waals surface area contributed by atoms with Gasteiger partial charge in [-0.1, -0.05) is 56.9 Å². The van der Waals surface area contributed by atoms with E-state index < -0.39 is 11.6 Å². The van der Waals surface area contributed by atoms with Crippen molar-refractivity contribution in [1.82, 2.24) is 4.98 Å². The van der Waals surface area contributed by atoms with Gasteiger partial charge in [-0.2, -0.15) is 4.98 Å². The van der Waals surface area contributed by atoms with Crippen molar-refractivity contribution in [2.75, 3.05) is 11.4 Å². The predicted molar refractivity (Wildman–Crippen MR) is 123 cm³/mol. The lowest BCUT2D eigenvalue weighted by Crippen LogP contribution is -2.37. The van der Waals surface area contributed by atoms with Crippen molar-refractivity contribution >= 4 is 23.1 Å². The smallest absolute Gasteiger partial charge is 0.347 e. The molecule has 0 aliphatic heterocycles. The van der Waals surface area contributed by atoms with E-state index in [1.165, 1.54) is 25.7 Å². The lowest BCUT2D eigenvalue weighted by molar-refractivity contribution is -0.152. The van der Waals surface area contributed by atoms with Crippen LogP contribution in [0, 0.1) is 0 Å². The van der Waals surface area contributed by atoms with Crippen LogP contribution < -0.4 is 9.64 Å². The minimum absolute atomic E-state index is 0.533. The van der Waals surface area contributed by atoms with Gasteiger partial charge >= 0.3 is 5.97 Å². The first-order valence-corrected chi connectivity index (χ1v) is 11.0. The molecular formula is C25H32N2O4. The highest BCUT2D eigenvalue weighted by molar-refractivity contribution is 5.76. The number of carbonyl (C=O) groups is 1. The van der Waals surface area contributed by atoms with Gasteiger partial charge in [0.2, 0.25) is 0 Å². The molecule has 0 saturated heterocycles. The van der Waals surface area contributed by atoms with Gasteiger partial charge in [-0.05, 0) is 50.1 Å². The summed E-state index contributed by atoms with van der Waals surface area (Å²) >= 11 is 0. The van der Waals surface area contributed by atoms with Crippen LogP contribution in [0.25, 0.3) is 11.1 Å². The highest BCUT2D eigenvalue weighted by Crippen LogP contribution is 2.26. The van der Waals surface area contributed by atoms with E-state index in [9.17, 15) is 9.90 Å². The number of para-hydroxylation sites is 2. The predicted octanol–water partition coefficient (Wildman–Crippen LogP) is 6.05. The van der Waals surface area contributed by atoms with E-state index in [1.54, 1.807) is 19.9 Å². The zero-order chi connectivity index (χ0) is 22.3. The molecule has 0 aliphatic rings. The van der Waals surface area contributed by atoms with Crippen LogP contribution in [0.2, 0.25) is 0 Å². The average Bonchev–Trinajstić information content (AvgIpc) is 3.17. The summed E-state index contributed by atoms with van der Waals surface area (Å²) in [7, 11) is 0. The Bertz CT molecular complexity index is 963. The first-order chi connectivity index (χ1) is 14.9. The van der Waals surface area contributed by atoms with E-state index in [0.29, 0.717) is 18.3 Å². The molecular weight excluding hydrogens is 392 g/mol. The van der Waals surface area contributed by atoms with Crippen molar-refractivity contribution in [2.45, 2.75) is 65.0 Å². The molecule has 1 heterocycles. The third kappa shape index (κ3) is 6.23. The van der Waals surface area contributed by atoms with Crippen LogP contribution in [-0.2, 0) is 11.3 Å². The Kier molecular flexibility index (Phi) is 7.55. The fraction of sp³-hybridized carbons (Fsp3) is 0.440. The van der Waals surface area contributed by atoms with Crippen molar-refractivity contribution in [3.05, 3.63) is 54.1 Å². The van der Waals surface area contributed by atoms with Crippen LogP contribution in [0.15, 0.2) is 52.9 Å². The Hall–Kier alpha value is -3.02. The summed E-state index contributed by atoms with van der Waals surface area (Å²) in [4.78, 5) is 18.2. The SMILES string of the molecule is CCCCCCCN(Cc1cccc(OC(C)(C)C(=O)O)c1)c1nc2ccccc2o1. The Morgan fingerprint density at radius 3 is 2.61 bits per heavy atom. The molecule has 166 valence electrons. The minimum Gasteiger partial charge on any atom is -0.478 e. The van der Waals surface area contributed by atoms with Crippen LogP contribution in [0.3, 0.4) is 0 Å². The molecule has 2 aromatic carbocycles. The largest absolute Gasteiger partial charge is 0.478 e. The van der Waals surface area contributed by atoms with Crippen LogP contribution in [-0.4, -0.2) is 28.2 Å². The first kappa shape index (κ1) is 22.7. The number of rotatable bonds is 12. The number of aliphatic carboxylic acids is 1. The van der Waals surface area contributed by atoms with E-state index >= 15 is 0 Å². The zero-order valence-corrected chi connectivity index (χ0v) is 18.6. The topological polar surface area (TPSA) is 75.8 Å². The molecule has 0 unspecified atom stereocenters. The van der Waals surface area contributed by atoms with E-state index in [4.69, 9.17) is 9.15 Å². The number of benzene rings is 2. The van der Waals surface area contributed by atoms with Crippen LogP contribution >= 0.6 is 0 Å². The molecule has 0 fully saturated rings. The van der Waals surface area contributed by atoms with Crippen molar-refractivity contribution in [1.29, 1.82) is 0 Å².